The van der Waals surface area contributed by atoms with E-state index in [1.165, 1.54) is 43.6 Å². The standard InChI is InChI=1S/C54H33BN2O2/c1-6-21-46(57-49-24-9-4-18-41(49)42-19-5-10-25-50(42)57)38(15-1)36-27-29-43-44-20-12-26-51-54(44)55(59-52(43)33-36)45-30-28-35(32-53(45)58-51)34-13-11-14-37(31-34)56-47-22-7-2-16-39(47)40-17-3-8-23-48(40)56/h1-33H. The fourth-order valence-electron chi connectivity index (χ4n) is 9.81. The zero-order chi connectivity index (χ0) is 38.6. The molecule has 2 aliphatic rings. The Balaban J connectivity index is 0.901. The molecule has 13 rings (SSSR count). The average molecular weight is 753 g/mol. The van der Waals surface area contributed by atoms with E-state index in [0.717, 1.165) is 72.9 Å². The molecule has 2 aliphatic heterocycles. The minimum atomic E-state index is -0.307. The highest BCUT2D eigenvalue weighted by Gasteiger charge is 2.40. The van der Waals surface area contributed by atoms with Crippen LogP contribution in [0.5, 0.6) is 17.2 Å². The molecule has 0 N–H and O–H groups in total. The van der Waals surface area contributed by atoms with E-state index in [4.69, 9.17) is 9.39 Å². The van der Waals surface area contributed by atoms with Crippen molar-refractivity contribution in [3.05, 3.63) is 200 Å². The van der Waals surface area contributed by atoms with Crippen LogP contribution >= 0.6 is 0 Å². The van der Waals surface area contributed by atoms with Gasteiger partial charge in [0.25, 0.3) is 0 Å². The molecule has 59 heavy (non-hydrogen) atoms. The molecular formula is C54H33BN2O2. The van der Waals surface area contributed by atoms with Crippen molar-refractivity contribution in [3.8, 4) is 62.0 Å². The van der Waals surface area contributed by atoms with E-state index in [1.54, 1.807) is 0 Å². The number of rotatable bonds is 4. The number of aromatic nitrogens is 2. The molecule has 274 valence electrons. The third-order valence-electron chi connectivity index (χ3n) is 12.4. The minimum Gasteiger partial charge on any atom is -0.551 e. The van der Waals surface area contributed by atoms with Crippen LogP contribution in [0.25, 0.3) is 88.4 Å². The van der Waals surface area contributed by atoms with Gasteiger partial charge in [0, 0.05) is 49.3 Å². The molecule has 2 aromatic heterocycles. The molecule has 0 saturated carbocycles. The Labute approximate surface area is 340 Å². The second-order valence-corrected chi connectivity index (χ2v) is 15.6. The summed E-state index contributed by atoms with van der Waals surface area (Å²) in [6.07, 6.45) is 0. The van der Waals surface area contributed by atoms with Crippen molar-refractivity contribution >= 4 is 61.5 Å². The maximum atomic E-state index is 7.10. The Hall–Kier alpha value is -7.76. The Bertz CT molecular complexity index is 3430. The summed E-state index contributed by atoms with van der Waals surface area (Å²) in [6, 6.07) is 71.7. The first-order valence-corrected chi connectivity index (χ1v) is 20.2. The maximum absolute atomic E-state index is 7.10. The molecule has 11 aromatic rings. The first-order chi connectivity index (χ1) is 29.3. The van der Waals surface area contributed by atoms with E-state index in [1.807, 2.05) is 0 Å². The molecule has 4 nitrogen and oxygen atoms in total. The van der Waals surface area contributed by atoms with Gasteiger partial charge in [-0.15, -0.1) is 0 Å². The van der Waals surface area contributed by atoms with Gasteiger partial charge >= 0.3 is 6.92 Å². The van der Waals surface area contributed by atoms with Gasteiger partial charge in [-0.1, -0.05) is 140 Å². The highest BCUT2D eigenvalue weighted by Crippen LogP contribution is 2.43. The van der Waals surface area contributed by atoms with Crippen molar-refractivity contribution in [1.29, 1.82) is 0 Å². The summed E-state index contributed by atoms with van der Waals surface area (Å²) >= 11 is 0. The predicted molar refractivity (Wildman–Crippen MR) is 244 cm³/mol. The number of hydrogen-bond acceptors (Lipinski definition) is 2. The first-order valence-electron chi connectivity index (χ1n) is 20.2. The highest BCUT2D eigenvalue weighted by atomic mass is 16.5. The Morgan fingerprint density at radius 2 is 0.915 bits per heavy atom. The number of benzene rings is 9. The van der Waals surface area contributed by atoms with E-state index in [9.17, 15) is 0 Å². The van der Waals surface area contributed by atoms with Gasteiger partial charge in [-0.25, -0.2) is 0 Å². The summed E-state index contributed by atoms with van der Waals surface area (Å²) in [5.74, 6) is 2.52. The zero-order valence-corrected chi connectivity index (χ0v) is 31.8. The number of fused-ring (bicyclic) bond motifs is 10. The average Bonchev–Trinajstić information content (AvgIpc) is 3.82. The molecule has 0 atom stereocenters. The predicted octanol–water partition coefficient (Wildman–Crippen LogP) is 12.5. The van der Waals surface area contributed by atoms with Crippen LogP contribution in [0.4, 0.5) is 0 Å². The summed E-state index contributed by atoms with van der Waals surface area (Å²) in [5, 5.41) is 5.00. The second kappa shape index (κ2) is 12.4. The first kappa shape index (κ1) is 32.3. The SMILES string of the molecule is c1cc(-c2ccc3c(c2)Oc2cccc4c2B3Oc2cc(-c3ccccc3-n3c5ccccc5c5ccccc53)ccc2-4)cc(-n2c3ccccc3c3ccccc32)c1. The largest absolute Gasteiger partial charge is 0.551 e. The summed E-state index contributed by atoms with van der Waals surface area (Å²) in [5.41, 5.74) is 15.8. The van der Waals surface area contributed by atoms with Crippen molar-refractivity contribution in [3.63, 3.8) is 0 Å². The molecule has 0 saturated heterocycles. The van der Waals surface area contributed by atoms with E-state index in [2.05, 4.69) is 209 Å². The molecule has 9 aromatic carbocycles. The van der Waals surface area contributed by atoms with E-state index >= 15 is 0 Å². The lowest BCUT2D eigenvalue weighted by Crippen LogP contribution is -2.53. The topological polar surface area (TPSA) is 28.3 Å². The second-order valence-electron chi connectivity index (χ2n) is 15.6. The van der Waals surface area contributed by atoms with Crippen LogP contribution < -0.4 is 20.3 Å². The third kappa shape index (κ3) is 4.73. The van der Waals surface area contributed by atoms with Gasteiger partial charge in [-0.3, -0.25) is 0 Å². The Morgan fingerprint density at radius 3 is 1.63 bits per heavy atom. The molecule has 0 fully saturated rings. The van der Waals surface area contributed by atoms with Crippen molar-refractivity contribution in [2.24, 2.45) is 0 Å². The van der Waals surface area contributed by atoms with Gasteiger partial charge < -0.3 is 18.5 Å². The van der Waals surface area contributed by atoms with Gasteiger partial charge in [0.05, 0.1) is 27.8 Å². The van der Waals surface area contributed by atoms with E-state index in [0.29, 0.717) is 0 Å². The monoisotopic (exact) mass is 752 g/mol. The molecule has 5 heteroatoms. The van der Waals surface area contributed by atoms with Crippen LogP contribution in [0, 0.1) is 0 Å². The molecule has 0 radical (unpaired) electrons. The fourth-order valence-corrected chi connectivity index (χ4v) is 9.81. The molecule has 0 unspecified atom stereocenters. The molecule has 0 amide bonds. The van der Waals surface area contributed by atoms with Crippen LogP contribution in [-0.2, 0) is 0 Å². The van der Waals surface area contributed by atoms with Crippen LogP contribution in [0.2, 0.25) is 0 Å². The molecule has 0 aliphatic carbocycles. The molecule has 4 heterocycles. The van der Waals surface area contributed by atoms with Crippen LogP contribution in [0.15, 0.2) is 200 Å². The normalized spacial score (nSPS) is 12.6. The fraction of sp³-hybridized carbons (Fsp3) is 0. The van der Waals surface area contributed by atoms with E-state index < -0.39 is 0 Å². The number of ether oxygens (including phenoxy) is 1. The summed E-state index contributed by atoms with van der Waals surface area (Å²) in [4.78, 5) is 0. The lowest BCUT2D eigenvalue weighted by atomic mass is 9.51. The smallest absolute Gasteiger partial charge is 0.434 e. The number of para-hydroxylation sites is 5. The van der Waals surface area contributed by atoms with Gasteiger partial charge in [-0.2, -0.15) is 0 Å². The summed E-state index contributed by atoms with van der Waals surface area (Å²) in [7, 11) is 0. The van der Waals surface area contributed by atoms with E-state index in [-0.39, 0.29) is 6.92 Å². The summed E-state index contributed by atoms with van der Waals surface area (Å²) < 4.78 is 18.6. The van der Waals surface area contributed by atoms with Gasteiger partial charge in [0.2, 0.25) is 0 Å². The maximum Gasteiger partial charge on any atom is 0.434 e. The van der Waals surface area contributed by atoms with Crippen LogP contribution in [-0.4, -0.2) is 16.0 Å². The van der Waals surface area contributed by atoms with Crippen LogP contribution in [0.3, 0.4) is 0 Å². The van der Waals surface area contributed by atoms with Gasteiger partial charge in [-0.05, 0) is 82.9 Å². The molecule has 0 bridgehead atoms. The molecule has 0 spiro atoms. The number of hydrogen-bond donors (Lipinski definition) is 0. The zero-order valence-electron chi connectivity index (χ0n) is 31.8. The van der Waals surface area contributed by atoms with Crippen molar-refractivity contribution in [2.45, 2.75) is 0 Å². The minimum absolute atomic E-state index is 0.307. The third-order valence-corrected chi connectivity index (χ3v) is 12.4. The van der Waals surface area contributed by atoms with Crippen molar-refractivity contribution in [1.82, 2.24) is 9.13 Å². The molecular weight excluding hydrogens is 719 g/mol. The van der Waals surface area contributed by atoms with Crippen molar-refractivity contribution < 1.29 is 9.39 Å². The Morgan fingerprint density at radius 1 is 0.356 bits per heavy atom. The van der Waals surface area contributed by atoms with Gasteiger partial charge in [0.15, 0.2) is 0 Å². The van der Waals surface area contributed by atoms with Crippen LogP contribution in [0.1, 0.15) is 0 Å². The van der Waals surface area contributed by atoms with Gasteiger partial charge in [0.1, 0.15) is 17.2 Å². The lowest BCUT2D eigenvalue weighted by Gasteiger charge is -2.33. The van der Waals surface area contributed by atoms with Crippen molar-refractivity contribution in [2.75, 3.05) is 0 Å². The number of nitrogens with zero attached hydrogens (tertiary/aromatic N) is 2. The summed E-state index contributed by atoms with van der Waals surface area (Å²) in [6.45, 7) is -0.307. The quantitative estimate of drug-likeness (QED) is 0.168. The Kier molecular flexibility index (Phi) is 6.78. The highest BCUT2D eigenvalue weighted by molar-refractivity contribution is 6.84. The lowest BCUT2D eigenvalue weighted by molar-refractivity contribution is 0.479.